The van der Waals surface area contributed by atoms with Crippen LogP contribution in [0, 0.1) is 23.1 Å². The van der Waals surface area contributed by atoms with E-state index in [0.717, 1.165) is 24.6 Å². The summed E-state index contributed by atoms with van der Waals surface area (Å²) in [5, 5.41) is 3.50. The second-order valence-electron chi connectivity index (χ2n) is 7.05. The Hall–Kier alpha value is -0.890. The molecule has 1 aliphatic heterocycles. The highest BCUT2D eigenvalue weighted by Crippen LogP contribution is 2.55. The van der Waals surface area contributed by atoms with Gasteiger partial charge in [-0.2, -0.15) is 0 Å². The molecular formula is C18H26FN. The predicted octanol–water partition coefficient (Wildman–Crippen LogP) is 4.35. The number of hydrogen-bond acceptors (Lipinski definition) is 1. The van der Waals surface area contributed by atoms with E-state index < -0.39 is 0 Å². The Morgan fingerprint density at radius 1 is 1.20 bits per heavy atom. The van der Waals surface area contributed by atoms with Crippen molar-refractivity contribution in [3.8, 4) is 0 Å². The van der Waals surface area contributed by atoms with Crippen molar-refractivity contribution < 1.29 is 4.39 Å². The van der Waals surface area contributed by atoms with Crippen LogP contribution < -0.4 is 5.32 Å². The molecule has 2 heteroatoms. The van der Waals surface area contributed by atoms with Crippen molar-refractivity contribution in [3.63, 3.8) is 0 Å². The van der Waals surface area contributed by atoms with E-state index in [1.54, 1.807) is 12.1 Å². The van der Waals surface area contributed by atoms with Gasteiger partial charge >= 0.3 is 0 Å². The Morgan fingerprint density at radius 3 is 2.80 bits per heavy atom. The number of hydrogen-bond donors (Lipinski definition) is 1. The zero-order chi connectivity index (χ0) is 14.2. The van der Waals surface area contributed by atoms with Gasteiger partial charge in [0.2, 0.25) is 0 Å². The fourth-order valence-electron chi connectivity index (χ4n) is 4.73. The van der Waals surface area contributed by atoms with Crippen LogP contribution in [0.25, 0.3) is 0 Å². The van der Waals surface area contributed by atoms with Gasteiger partial charge in [-0.05, 0) is 54.7 Å². The molecule has 20 heavy (non-hydrogen) atoms. The normalized spacial score (nSPS) is 38.0. The maximum atomic E-state index is 14.3. The van der Waals surface area contributed by atoms with Gasteiger partial charge in [-0.1, -0.05) is 38.5 Å². The van der Waals surface area contributed by atoms with Gasteiger partial charge in [0.1, 0.15) is 5.82 Å². The Kier molecular flexibility index (Phi) is 3.85. The Balaban J connectivity index is 2.00. The summed E-state index contributed by atoms with van der Waals surface area (Å²) in [6.45, 7) is 6.78. The fourth-order valence-corrected chi connectivity index (χ4v) is 4.73. The van der Waals surface area contributed by atoms with Crippen molar-refractivity contribution in [3.05, 3.63) is 35.6 Å². The number of piperidine rings is 1. The van der Waals surface area contributed by atoms with Crippen molar-refractivity contribution in [2.24, 2.45) is 17.3 Å². The molecule has 0 bridgehead atoms. The Bertz CT molecular complexity index is 472. The molecule has 4 unspecified atom stereocenters. The highest BCUT2D eigenvalue weighted by Gasteiger charge is 2.48. The summed E-state index contributed by atoms with van der Waals surface area (Å²) in [6, 6.07) is 7.40. The molecular weight excluding hydrogens is 249 g/mol. The van der Waals surface area contributed by atoms with Crippen molar-refractivity contribution in [2.75, 3.05) is 13.1 Å². The molecule has 1 nitrogen and oxygen atoms in total. The average Bonchev–Trinajstić information content (AvgIpc) is 2.45. The highest BCUT2D eigenvalue weighted by atomic mass is 19.1. The van der Waals surface area contributed by atoms with Crippen molar-refractivity contribution >= 4 is 0 Å². The van der Waals surface area contributed by atoms with Crippen molar-refractivity contribution in [2.45, 2.75) is 45.4 Å². The van der Waals surface area contributed by atoms with Crippen LogP contribution in [-0.2, 0) is 0 Å². The van der Waals surface area contributed by atoms with Gasteiger partial charge in [0.05, 0.1) is 0 Å². The third-order valence-electron chi connectivity index (χ3n) is 5.89. The van der Waals surface area contributed by atoms with Gasteiger partial charge in [-0.15, -0.1) is 0 Å². The molecule has 2 aliphatic rings. The lowest BCUT2D eigenvalue weighted by Gasteiger charge is -2.53. The van der Waals surface area contributed by atoms with Crippen LogP contribution in [0.15, 0.2) is 24.3 Å². The summed E-state index contributed by atoms with van der Waals surface area (Å²) < 4.78 is 14.3. The zero-order valence-corrected chi connectivity index (χ0v) is 12.7. The first-order valence-electron chi connectivity index (χ1n) is 8.08. The molecule has 1 N–H and O–H groups in total. The molecule has 1 aromatic rings. The summed E-state index contributed by atoms with van der Waals surface area (Å²) in [4.78, 5) is 0. The van der Waals surface area contributed by atoms with E-state index in [0.29, 0.717) is 17.3 Å². The molecule has 0 aromatic heterocycles. The molecule has 1 spiro atoms. The minimum Gasteiger partial charge on any atom is -0.316 e. The van der Waals surface area contributed by atoms with Gasteiger partial charge in [-0.25, -0.2) is 4.39 Å². The molecule has 3 rings (SSSR count). The number of rotatable bonds is 1. The first-order chi connectivity index (χ1) is 9.63. The van der Waals surface area contributed by atoms with Crippen LogP contribution in [0.3, 0.4) is 0 Å². The van der Waals surface area contributed by atoms with Crippen LogP contribution in [0.1, 0.15) is 51.0 Å². The third kappa shape index (κ3) is 2.28. The lowest BCUT2D eigenvalue weighted by atomic mass is 9.54. The fraction of sp³-hybridized carbons (Fsp3) is 0.667. The molecule has 1 saturated heterocycles. The van der Waals surface area contributed by atoms with Crippen LogP contribution >= 0.6 is 0 Å². The largest absolute Gasteiger partial charge is 0.316 e. The van der Waals surface area contributed by atoms with E-state index in [9.17, 15) is 4.39 Å². The average molecular weight is 275 g/mol. The number of benzene rings is 1. The number of halogens is 1. The summed E-state index contributed by atoms with van der Waals surface area (Å²) in [5.74, 6) is 1.78. The minimum atomic E-state index is -0.0222. The standard InChI is InChI=1S/C18H26FN/c1-13-7-8-14(2)18(11-13)9-10-20-12-16(18)15-5-3-4-6-17(15)19/h3-6,13-14,16,20H,7-12H2,1-2H3. The molecule has 2 fully saturated rings. The Morgan fingerprint density at radius 2 is 2.00 bits per heavy atom. The molecule has 4 atom stereocenters. The first kappa shape index (κ1) is 14.1. The van der Waals surface area contributed by atoms with E-state index in [-0.39, 0.29) is 5.82 Å². The van der Waals surface area contributed by atoms with Gasteiger partial charge in [0.15, 0.2) is 0 Å². The highest BCUT2D eigenvalue weighted by molar-refractivity contribution is 5.26. The van der Waals surface area contributed by atoms with Gasteiger partial charge in [0, 0.05) is 12.5 Å². The lowest BCUT2D eigenvalue weighted by molar-refractivity contribution is 0.0173. The van der Waals surface area contributed by atoms with Crippen molar-refractivity contribution in [1.29, 1.82) is 0 Å². The quantitative estimate of drug-likeness (QED) is 0.803. The molecule has 0 amide bonds. The van der Waals surface area contributed by atoms with Gasteiger partial charge < -0.3 is 5.32 Å². The second kappa shape index (κ2) is 5.48. The SMILES string of the molecule is CC1CCC(C)C2(CCNCC2c2ccccc2F)C1. The topological polar surface area (TPSA) is 12.0 Å². The van der Waals surface area contributed by atoms with E-state index in [2.05, 4.69) is 19.2 Å². The smallest absolute Gasteiger partial charge is 0.126 e. The second-order valence-corrected chi connectivity index (χ2v) is 7.05. The maximum Gasteiger partial charge on any atom is 0.126 e. The van der Waals surface area contributed by atoms with E-state index in [1.807, 2.05) is 12.1 Å². The van der Waals surface area contributed by atoms with Crippen LogP contribution in [-0.4, -0.2) is 13.1 Å². The van der Waals surface area contributed by atoms with Gasteiger partial charge in [-0.3, -0.25) is 0 Å². The maximum absolute atomic E-state index is 14.3. The summed E-state index contributed by atoms with van der Waals surface area (Å²) >= 11 is 0. The molecule has 110 valence electrons. The molecule has 1 aliphatic carbocycles. The van der Waals surface area contributed by atoms with E-state index in [1.165, 1.54) is 25.7 Å². The number of nitrogens with one attached hydrogen (secondary N) is 1. The molecule has 0 radical (unpaired) electrons. The molecule has 1 aromatic carbocycles. The van der Waals surface area contributed by atoms with Crippen molar-refractivity contribution in [1.82, 2.24) is 5.32 Å². The van der Waals surface area contributed by atoms with Crippen LogP contribution in [0.2, 0.25) is 0 Å². The van der Waals surface area contributed by atoms with Crippen LogP contribution in [0.5, 0.6) is 0 Å². The van der Waals surface area contributed by atoms with Gasteiger partial charge in [0.25, 0.3) is 0 Å². The predicted molar refractivity (Wildman–Crippen MR) is 81.2 cm³/mol. The molecule has 1 heterocycles. The zero-order valence-electron chi connectivity index (χ0n) is 12.7. The summed E-state index contributed by atoms with van der Waals surface area (Å²) in [7, 11) is 0. The van der Waals surface area contributed by atoms with Crippen LogP contribution in [0.4, 0.5) is 4.39 Å². The monoisotopic (exact) mass is 275 g/mol. The summed E-state index contributed by atoms with van der Waals surface area (Å²) in [6.07, 6.45) is 5.08. The van der Waals surface area contributed by atoms with E-state index in [4.69, 9.17) is 0 Å². The first-order valence-corrected chi connectivity index (χ1v) is 8.08. The Labute approximate surface area is 122 Å². The minimum absolute atomic E-state index is 0.0222. The lowest BCUT2D eigenvalue weighted by Crippen LogP contribution is -2.50. The third-order valence-corrected chi connectivity index (χ3v) is 5.89. The molecule has 1 saturated carbocycles. The van der Waals surface area contributed by atoms with E-state index >= 15 is 0 Å². The summed E-state index contributed by atoms with van der Waals surface area (Å²) in [5.41, 5.74) is 1.23.